The molecule has 0 bridgehead atoms. The highest BCUT2D eigenvalue weighted by atomic mass is 14.9. The van der Waals surface area contributed by atoms with Gasteiger partial charge in [0.25, 0.3) is 0 Å². The predicted octanol–water partition coefficient (Wildman–Crippen LogP) is 2.50. The summed E-state index contributed by atoms with van der Waals surface area (Å²) >= 11 is 0. The van der Waals surface area contributed by atoms with E-state index in [1.54, 1.807) is 0 Å². The molecule has 1 unspecified atom stereocenters. The molecule has 15 heavy (non-hydrogen) atoms. The molecule has 0 fully saturated rings. The predicted molar refractivity (Wildman–Crippen MR) is 69.2 cm³/mol. The van der Waals surface area contributed by atoms with Crippen LogP contribution in [-0.4, -0.2) is 26.7 Å². The minimum Gasteiger partial charge on any atom is -0.319 e. The Labute approximate surface area is 96.2 Å². The molecule has 0 aliphatic rings. The van der Waals surface area contributed by atoms with E-state index in [2.05, 4.69) is 38.3 Å². The van der Waals surface area contributed by atoms with Crippen molar-refractivity contribution in [1.29, 1.82) is 0 Å². The average Bonchev–Trinajstić information content (AvgIpc) is 2.15. The Bertz CT molecular complexity index is 132. The van der Waals surface area contributed by atoms with Gasteiger partial charge in [-0.3, -0.25) is 0 Å². The summed E-state index contributed by atoms with van der Waals surface area (Å²) in [5.74, 6) is 2.36. The summed E-state index contributed by atoms with van der Waals surface area (Å²) in [5.41, 5.74) is 0. The summed E-state index contributed by atoms with van der Waals surface area (Å²) in [5, 5.41) is 6.84. The molecule has 2 nitrogen and oxygen atoms in total. The topological polar surface area (TPSA) is 24.1 Å². The van der Waals surface area contributed by atoms with Gasteiger partial charge in [-0.15, -0.1) is 0 Å². The lowest BCUT2D eigenvalue weighted by Gasteiger charge is -2.21. The zero-order chi connectivity index (χ0) is 11.7. The second-order valence-electron chi connectivity index (χ2n) is 5.30. The van der Waals surface area contributed by atoms with Crippen LogP contribution in [0.15, 0.2) is 0 Å². The third-order valence-electron chi connectivity index (χ3n) is 2.95. The Hall–Kier alpha value is -0.0800. The molecule has 0 aliphatic carbocycles. The minimum absolute atomic E-state index is 0.758. The smallest absolute Gasteiger partial charge is 0.000593 e. The van der Waals surface area contributed by atoms with E-state index in [-0.39, 0.29) is 0 Å². The van der Waals surface area contributed by atoms with Crippen molar-refractivity contribution >= 4 is 0 Å². The van der Waals surface area contributed by atoms with E-state index in [0.717, 1.165) is 30.8 Å². The van der Waals surface area contributed by atoms with E-state index >= 15 is 0 Å². The third-order valence-corrected chi connectivity index (χ3v) is 2.95. The maximum absolute atomic E-state index is 3.57. The van der Waals surface area contributed by atoms with Crippen LogP contribution in [0.25, 0.3) is 0 Å². The Kier molecular flexibility index (Phi) is 9.12. The summed E-state index contributed by atoms with van der Waals surface area (Å²) in [6.45, 7) is 12.6. The molecule has 0 aliphatic heterocycles. The first kappa shape index (κ1) is 14.9. The normalized spacial score (nSPS) is 13.8. The van der Waals surface area contributed by atoms with Gasteiger partial charge in [0.15, 0.2) is 0 Å². The molecule has 2 heteroatoms. The molecule has 0 aromatic heterocycles. The van der Waals surface area contributed by atoms with Crippen molar-refractivity contribution in [1.82, 2.24) is 10.6 Å². The van der Waals surface area contributed by atoms with E-state index in [0.29, 0.717) is 0 Å². The van der Waals surface area contributed by atoms with Gasteiger partial charge in [0, 0.05) is 0 Å². The van der Waals surface area contributed by atoms with Crippen molar-refractivity contribution in [3.05, 3.63) is 0 Å². The minimum atomic E-state index is 0.758. The van der Waals surface area contributed by atoms with Crippen LogP contribution in [0, 0.1) is 17.8 Å². The van der Waals surface area contributed by atoms with Gasteiger partial charge in [-0.2, -0.15) is 0 Å². The lowest BCUT2D eigenvalue weighted by Crippen LogP contribution is -2.33. The van der Waals surface area contributed by atoms with Gasteiger partial charge >= 0.3 is 0 Å². The highest BCUT2D eigenvalue weighted by Gasteiger charge is 2.11. The Morgan fingerprint density at radius 2 is 1.67 bits per heavy atom. The van der Waals surface area contributed by atoms with Gasteiger partial charge in [-0.05, 0) is 57.3 Å². The molecule has 0 spiro atoms. The van der Waals surface area contributed by atoms with Crippen LogP contribution in [0.1, 0.15) is 40.5 Å². The highest BCUT2D eigenvalue weighted by molar-refractivity contribution is 4.67. The highest BCUT2D eigenvalue weighted by Crippen LogP contribution is 2.08. The maximum atomic E-state index is 3.57. The summed E-state index contributed by atoms with van der Waals surface area (Å²) in [7, 11) is 2.04. The lowest BCUT2D eigenvalue weighted by atomic mass is 9.96. The zero-order valence-electron chi connectivity index (χ0n) is 11.3. The maximum Gasteiger partial charge on any atom is -0.000593 e. The van der Waals surface area contributed by atoms with Crippen LogP contribution in [0.3, 0.4) is 0 Å². The van der Waals surface area contributed by atoms with Crippen LogP contribution in [0.4, 0.5) is 0 Å². The van der Waals surface area contributed by atoms with Gasteiger partial charge in [-0.25, -0.2) is 0 Å². The fourth-order valence-electron chi connectivity index (χ4n) is 1.73. The monoisotopic (exact) mass is 214 g/mol. The van der Waals surface area contributed by atoms with Gasteiger partial charge < -0.3 is 10.6 Å². The van der Waals surface area contributed by atoms with E-state index in [1.165, 1.54) is 19.4 Å². The standard InChI is InChI=1S/C13H30N2/c1-11(2)7-6-8-15-10-13(9-14-5)12(3)4/h11-15H,6-10H2,1-5H3. The van der Waals surface area contributed by atoms with Crippen molar-refractivity contribution < 1.29 is 0 Å². The Morgan fingerprint density at radius 1 is 1.00 bits per heavy atom. The first-order valence-corrected chi connectivity index (χ1v) is 6.43. The summed E-state index contributed by atoms with van der Waals surface area (Å²) < 4.78 is 0. The second-order valence-corrected chi connectivity index (χ2v) is 5.30. The van der Waals surface area contributed by atoms with Crippen LogP contribution >= 0.6 is 0 Å². The number of rotatable bonds is 9. The molecule has 0 radical (unpaired) electrons. The molecule has 92 valence electrons. The molecule has 0 aromatic carbocycles. The quantitative estimate of drug-likeness (QED) is 0.576. The van der Waals surface area contributed by atoms with Gasteiger partial charge in [-0.1, -0.05) is 27.7 Å². The molecular weight excluding hydrogens is 184 g/mol. The zero-order valence-corrected chi connectivity index (χ0v) is 11.3. The average molecular weight is 214 g/mol. The van der Waals surface area contributed by atoms with Gasteiger partial charge in [0.1, 0.15) is 0 Å². The molecule has 1 atom stereocenters. The van der Waals surface area contributed by atoms with E-state index in [4.69, 9.17) is 0 Å². The van der Waals surface area contributed by atoms with Crippen LogP contribution in [0.2, 0.25) is 0 Å². The fourth-order valence-corrected chi connectivity index (χ4v) is 1.73. The van der Waals surface area contributed by atoms with Crippen LogP contribution in [0.5, 0.6) is 0 Å². The molecule has 0 heterocycles. The van der Waals surface area contributed by atoms with E-state index in [1.807, 2.05) is 7.05 Å². The van der Waals surface area contributed by atoms with E-state index in [9.17, 15) is 0 Å². The summed E-state index contributed by atoms with van der Waals surface area (Å²) in [6.07, 6.45) is 2.65. The molecule has 0 rings (SSSR count). The van der Waals surface area contributed by atoms with Crippen molar-refractivity contribution in [2.24, 2.45) is 17.8 Å². The van der Waals surface area contributed by atoms with Crippen molar-refractivity contribution in [3.63, 3.8) is 0 Å². The van der Waals surface area contributed by atoms with Gasteiger partial charge in [0.2, 0.25) is 0 Å². The first-order valence-electron chi connectivity index (χ1n) is 6.43. The number of hydrogen-bond donors (Lipinski definition) is 2. The lowest BCUT2D eigenvalue weighted by molar-refractivity contribution is 0.350. The second kappa shape index (κ2) is 9.17. The molecular formula is C13H30N2. The van der Waals surface area contributed by atoms with Gasteiger partial charge in [0.05, 0.1) is 0 Å². The van der Waals surface area contributed by atoms with Crippen molar-refractivity contribution in [2.45, 2.75) is 40.5 Å². The van der Waals surface area contributed by atoms with Crippen LogP contribution < -0.4 is 10.6 Å². The SMILES string of the molecule is CNCC(CNCCCC(C)C)C(C)C. The summed E-state index contributed by atoms with van der Waals surface area (Å²) in [4.78, 5) is 0. The number of hydrogen-bond acceptors (Lipinski definition) is 2. The molecule has 0 saturated heterocycles. The molecule has 0 saturated carbocycles. The first-order chi connectivity index (χ1) is 7.07. The number of nitrogens with one attached hydrogen (secondary N) is 2. The van der Waals surface area contributed by atoms with Crippen molar-refractivity contribution in [2.75, 3.05) is 26.7 Å². The molecule has 0 amide bonds. The molecule has 0 aromatic rings. The molecule has 2 N–H and O–H groups in total. The third kappa shape index (κ3) is 8.88. The Morgan fingerprint density at radius 3 is 2.13 bits per heavy atom. The fraction of sp³-hybridized carbons (Fsp3) is 1.00. The summed E-state index contributed by atoms with van der Waals surface area (Å²) in [6, 6.07) is 0. The van der Waals surface area contributed by atoms with Crippen LogP contribution in [-0.2, 0) is 0 Å². The Balaban J connectivity index is 3.45. The van der Waals surface area contributed by atoms with Crippen molar-refractivity contribution in [3.8, 4) is 0 Å². The van der Waals surface area contributed by atoms with E-state index < -0.39 is 0 Å². The largest absolute Gasteiger partial charge is 0.319 e.